The van der Waals surface area contributed by atoms with E-state index < -0.39 is 0 Å². The van der Waals surface area contributed by atoms with E-state index in [9.17, 15) is 4.79 Å². The Hall–Kier alpha value is -2.18. The van der Waals surface area contributed by atoms with Crippen molar-refractivity contribution in [3.63, 3.8) is 0 Å². The lowest BCUT2D eigenvalue weighted by atomic mass is 10.3. The van der Waals surface area contributed by atoms with Crippen LogP contribution in [0.5, 0.6) is 0 Å². The van der Waals surface area contributed by atoms with Crippen LogP contribution >= 0.6 is 23.5 Å². The van der Waals surface area contributed by atoms with Crippen LogP contribution in [0.2, 0.25) is 5.02 Å². The molecule has 0 spiro atoms. The Bertz CT molecular complexity index is 904. The van der Waals surface area contributed by atoms with Gasteiger partial charge in [-0.3, -0.25) is 4.31 Å². The fourth-order valence-electron chi connectivity index (χ4n) is 3.43. The molecule has 0 saturated heterocycles. The minimum Gasteiger partial charge on any atom is -0.342 e. The van der Waals surface area contributed by atoms with Crippen LogP contribution in [0.4, 0.5) is 10.5 Å². The number of para-hydroxylation sites is 2. The van der Waals surface area contributed by atoms with E-state index in [0.29, 0.717) is 23.2 Å². The van der Waals surface area contributed by atoms with Gasteiger partial charge in [0.1, 0.15) is 5.82 Å². The molecule has 2 N–H and O–H groups in total. The number of hydrogen-bond donors (Lipinski definition) is 2. The highest BCUT2D eigenvalue weighted by Gasteiger charge is 2.23. The zero-order valence-corrected chi connectivity index (χ0v) is 17.1. The summed E-state index contributed by atoms with van der Waals surface area (Å²) in [4.78, 5) is 20.9. The van der Waals surface area contributed by atoms with Crippen LogP contribution < -0.4 is 5.32 Å². The van der Waals surface area contributed by atoms with Crippen LogP contribution in [0.15, 0.2) is 48.5 Å². The molecular weight excluding hydrogens is 392 g/mol. The van der Waals surface area contributed by atoms with Crippen molar-refractivity contribution in [1.29, 1.82) is 0 Å². The molecule has 0 atom stereocenters. The van der Waals surface area contributed by atoms with Crippen LogP contribution in [0.25, 0.3) is 11.0 Å². The van der Waals surface area contributed by atoms with Crippen molar-refractivity contribution in [3.05, 3.63) is 59.4 Å². The molecule has 1 aromatic heterocycles. The normalized spacial score (nSPS) is 14.5. The second-order valence-electron chi connectivity index (χ2n) is 7.00. The number of anilines is 1. The van der Waals surface area contributed by atoms with Gasteiger partial charge in [-0.15, -0.1) is 0 Å². The molecular formula is C21H23ClN4OS. The molecule has 0 bridgehead atoms. The smallest absolute Gasteiger partial charge is 0.331 e. The number of aromatic nitrogens is 2. The highest BCUT2D eigenvalue weighted by atomic mass is 35.5. The van der Waals surface area contributed by atoms with Gasteiger partial charge in [0.2, 0.25) is 0 Å². The van der Waals surface area contributed by atoms with E-state index in [1.165, 1.54) is 25.7 Å². The first kappa shape index (κ1) is 19.2. The maximum Gasteiger partial charge on any atom is 0.331 e. The largest absolute Gasteiger partial charge is 0.342 e. The summed E-state index contributed by atoms with van der Waals surface area (Å²) in [5.74, 6) is 0.900. The molecule has 4 rings (SSSR count). The second kappa shape index (κ2) is 8.88. The molecule has 0 unspecified atom stereocenters. The third-order valence-electron chi connectivity index (χ3n) is 4.89. The van der Waals surface area contributed by atoms with E-state index in [4.69, 9.17) is 11.6 Å². The van der Waals surface area contributed by atoms with Gasteiger partial charge in [0.05, 0.1) is 11.0 Å². The van der Waals surface area contributed by atoms with Crippen LogP contribution in [-0.4, -0.2) is 32.1 Å². The number of halogens is 1. The fraction of sp³-hybridized carbons (Fsp3) is 0.333. The van der Waals surface area contributed by atoms with Gasteiger partial charge < -0.3 is 10.3 Å². The number of carbonyl (C=O) groups is 1. The molecule has 5 nitrogen and oxygen atoms in total. The Kier molecular flexibility index (Phi) is 6.07. The summed E-state index contributed by atoms with van der Waals surface area (Å²) in [6.07, 6.45) is 5.50. The number of amides is 2. The molecule has 28 heavy (non-hydrogen) atoms. The Balaban J connectivity index is 1.44. The monoisotopic (exact) mass is 414 g/mol. The number of H-pyrrole nitrogens is 1. The Morgan fingerprint density at radius 1 is 1.18 bits per heavy atom. The summed E-state index contributed by atoms with van der Waals surface area (Å²) in [6.45, 7) is 0.598. The summed E-state index contributed by atoms with van der Waals surface area (Å²) in [5, 5.41) is 4.14. The van der Waals surface area contributed by atoms with E-state index in [1.54, 1.807) is 24.1 Å². The average molecular weight is 415 g/mol. The molecule has 1 aliphatic rings. The van der Waals surface area contributed by atoms with Crippen LogP contribution in [0.3, 0.4) is 0 Å². The number of nitrogens with zero attached hydrogens (tertiary/aromatic N) is 2. The van der Waals surface area contributed by atoms with Crippen molar-refractivity contribution in [1.82, 2.24) is 14.3 Å². The first-order valence-electron chi connectivity index (χ1n) is 9.62. The predicted octanol–water partition coefficient (Wildman–Crippen LogP) is 5.88. The molecule has 1 aliphatic carbocycles. The number of hydrogen-bond acceptors (Lipinski definition) is 3. The van der Waals surface area contributed by atoms with Crippen LogP contribution in [0.1, 0.15) is 31.5 Å². The molecule has 1 saturated carbocycles. The Morgan fingerprint density at radius 3 is 2.68 bits per heavy atom. The highest BCUT2D eigenvalue weighted by molar-refractivity contribution is 7.98. The minimum absolute atomic E-state index is 0.102. The Labute approximate surface area is 174 Å². The van der Waals surface area contributed by atoms with Gasteiger partial charge in [-0.05, 0) is 61.2 Å². The molecule has 1 fully saturated rings. The summed E-state index contributed by atoms with van der Waals surface area (Å²) >= 11 is 7.60. The van der Waals surface area contributed by atoms with E-state index in [1.807, 2.05) is 40.7 Å². The third-order valence-corrected chi connectivity index (χ3v) is 6.52. The molecule has 2 amide bonds. The second-order valence-corrected chi connectivity index (χ2v) is 8.76. The quantitative estimate of drug-likeness (QED) is 0.495. The van der Waals surface area contributed by atoms with Gasteiger partial charge >= 0.3 is 6.03 Å². The molecule has 0 aliphatic heterocycles. The van der Waals surface area contributed by atoms with E-state index >= 15 is 0 Å². The number of imidazole rings is 1. The van der Waals surface area contributed by atoms with Gasteiger partial charge in [-0.1, -0.05) is 36.6 Å². The topological polar surface area (TPSA) is 61.0 Å². The molecule has 3 aromatic rings. The number of aromatic amines is 1. The summed E-state index contributed by atoms with van der Waals surface area (Å²) in [7, 11) is 0. The van der Waals surface area contributed by atoms with Crippen molar-refractivity contribution >= 4 is 46.3 Å². The van der Waals surface area contributed by atoms with Crippen molar-refractivity contribution in [3.8, 4) is 0 Å². The number of carbonyl (C=O) groups excluding carboxylic acids is 1. The first-order valence-corrected chi connectivity index (χ1v) is 10.8. The maximum absolute atomic E-state index is 12.9. The van der Waals surface area contributed by atoms with Gasteiger partial charge in [-0.25, -0.2) is 9.78 Å². The van der Waals surface area contributed by atoms with Gasteiger partial charge in [0.25, 0.3) is 0 Å². The number of benzene rings is 2. The molecule has 2 aromatic carbocycles. The molecule has 1 heterocycles. The zero-order chi connectivity index (χ0) is 19.3. The van der Waals surface area contributed by atoms with Gasteiger partial charge in [0, 0.05) is 28.9 Å². The Morgan fingerprint density at radius 2 is 1.93 bits per heavy atom. The average Bonchev–Trinajstić information content (AvgIpc) is 3.36. The number of rotatable bonds is 6. The van der Waals surface area contributed by atoms with E-state index in [-0.39, 0.29) is 6.03 Å². The summed E-state index contributed by atoms with van der Waals surface area (Å²) in [5.41, 5.74) is 2.73. The van der Waals surface area contributed by atoms with E-state index in [2.05, 4.69) is 15.3 Å². The zero-order valence-electron chi connectivity index (χ0n) is 15.5. The van der Waals surface area contributed by atoms with Crippen LogP contribution in [-0.2, 0) is 6.42 Å². The summed E-state index contributed by atoms with van der Waals surface area (Å²) in [6, 6.07) is 15.1. The number of urea groups is 1. The van der Waals surface area contributed by atoms with E-state index in [0.717, 1.165) is 22.5 Å². The lowest BCUT2D eigenvalue weighted by Gasteiger charge is -2.24. The van der Waals surface area contributed by atoms with Crippen molar-refractivity contribution in [2.75, 3.05) is 11.9 Å². The molecule has 7 heteroatoms. The predicted molar refractivity (Wildman–Crippen MR) is 117 cm³/mol. The number of nitrogens with one attached hydrogen (secondary N) is 2. The van der Waals surface area contributed by atoms with Crippen LogP contribution in [0, 0.1) is 0 Å². The number of fused-ring (bicyclic) bond motifs is 1. The van der Waals surface area contributed by atoms with Crippen molar-refractivity contribution in [2.24, 2.45) is 0 Å². The third kappa shape index (κ3) is 4.80. The lowest BCUT2D eigenvalue weighted by Crippen LogP contribution is -2.32. The van der Waals surface area contributed by atoms with Gasteiger partial charge in [-0.2, -0.15) is 0 Å². The molecule has 0 radical (unpaired) electrons. The van der Waals surface area contributed by atoms with Crippen molar-refractivity contribution < 1.29 is 4.79 Å². The van der Waals surface area contributed by atoms with Gasteiger partial charge in [0.15, 0.2) is 0 Å². The minimum atomic E-state index is -0.102. The SMILES string of the molecule is O=C(Nc1ccc(Cl)cc1)N(CCc1nc2ccccc2[nH]1)SC1CCCC1. The molecule has 146 valence electrons. The highest BCUT2D eigenvalue weighted by Crippen LogP contribution is 2.32. The lowest BCUT2D eigenvalue weighted by molar-refractivity contribution is 0.238. The maximum atomic E-state index is 12.9. The van der Waals surface area contributed by atoms with Crippen molar-refractivity contribution in [2.45, 2.75) is 37.4 Å². The fourth-order valence-corrected chi connectivity index (χ4v) is 4.79. The standard InChI is InChI=1S/C21H23ClN4OS/c22-15-9-11-16(12-10-15)23-21(27)26(28-17-5-1-2-6-17)14-13-20-24-18-7-3-4-8-19(18)25-20/h3-4,7-12,17H,1-2,5-6,13-14H2,(H,23,27)(H,24,25). The first-order chi connectivity index (χ1) is 13.7. The summed E-state index contributed by atoms with van der Waals surface area (Å²) < 4.78 is 1.85.